The van der Waals surface area contributed by atoms with Gasteiger partial charge in [-0.25, -0.2) is 4.98 Å². The van der Waals surface area contributed by atoms with Crippen LogP contribution in [0.4, 0.5) is 16.5 Å². The lowest BCUT2D eigenvalue weighted by atomic mass is 10.0. The zero-order chi connectivity index (χ0) is 29.2. The second-order valence-corrected chi connectivity index (χ2v) is 11.6. The van der Waals surface area contributed by atoms with Crippen LogP contribution in [0.25, 0.3) is 10.2 Å². The SMILES string of the molecule is CCCCCCCCc1ccc2nc(N)sc2c1.CCCCCN(CCCCC)c1cc(OC)c(N)cc1OC. The van der Waals surface area contributed by atoms with E-state index in [1.807, 2.05) is 12.1 Å². The first-order valence-corrected chi connectivity index (χ1v) is 16.2. The summed E-state index contributed by atoms with van der Waals surface area (Å²) in [6.45, 7) is 8.81. The van der Waals surface area contributed by atoms with Crippen LogP contribution in [0.1, 0.15) is 103 Å². The molecular weight excluding hydrogens is 516 g/mol. The van der Waals surface area contributed by atoms with E-state index in [0.717, 1.165) is 30.0 Å². The fraction of sp³-hybridized carbons (Fsp3) is 0.606. The van der Waals surface area contributed by atoms with Gasteiger partial charge in [-0.05, 0) is 43.4 Å². The smallest absolute Gasteiger partial charge is 0.181 e. The molecule has 0 atom stereocenters. The topological polar surface area (TPSA) is 86.6 Å². The molecule has 1 heterocycles. The van der Waals surface area contributed by atoms with Gasteiger partial charge < -0.3 is 25.8 Å². The van der Waals surface area contributed by atoms with Crippen molar-refractivity contribution in [3.05, 3.63) is 35.9 Å². The molecular formula is C33H54N4O2S. The van der Waals surface area contributed by atoms with Crippen molar-refractivity contribution in [1.29, 1.82) is 0 Å². The normalized spacial score (nSPS) is 10.8. The molecule has 0 amide bonds. The van der Waals surface area contributed by atoms with Crippen molar-refractivity contribution < 1.29 is 9.47 Å². The second kappa shape index (κ2) is 19.4. The summed E-state index contributed by atoms with van der Waals surface area (Å²) in [5, 5.41) is 0.668. The number of nitrogens with zero attached hydrogens (tertiary/aromatic N) is 2. The summed E-state index contributed by atoms with van der Waals surface area (Å²) in [5.41, 5.74) is 15.9. The number of anilines is 3. The average Bonchev–Trinajstić information content (AvgIpc) is 3.33. The molecule has 3 aromatic rings. The van der Waals surface area contributed by atoms with Crippen molar-refractivity contribution in [1.82, 2.24) is 4.98 Å². The number of rotatable bonds is 18. The van der Waals surface area contributed by atoms with Crippen LogP contribution in [0.5, 0.6) is 11.5 Å². The van der Waals surface area contributed by atoms with Crippen LogP contribution in [0.15, 0.2) is 30.3 Å². The summed E-state index contributed by atoms with van der Waals surface area (Å²) in [6.07, 6.45) is 16.6. The number of methoxy groups -OCH3 is 2. The van der Waals surface area contributed by atoms with Gasteiger partial charge in [-0.3, -0.25) is 0 Å². The Morgan fingerprint density at radius 2 is 1.32 bits per heavy atom. The number of aryl methyl sites for hydroxylation is 1. The van der Waals surface area contributed by atoms with E-state index in [0.29, 0.717) is 16.6 Å². The molecule has 0 aliphatic rings. The van der Waals surface area contributed by atoms with Gasteiger partial charge in [-0.2, -0.15) is 0 Å². The van der Waals surface area contributed by atoms with Gasteiger partial charge in [0.05, 0.1) is 35.8 Å². The van der Waals surface area contributed by atoms with Crippen molar-refractivity contribution in [3.8, 4) is 11.5 Å². The van der Waals surface area contributed by atoms with E-state index in [9.17, 15) is 0 Å². The Kier molecular flexibility index (Phi) is 16.3. The first kappa shape index (κ1) is 33.5. The second-order valence-electron chi connectivity index (χ2n) is 10.5. The van der Waals surface area contributed by atoms with Gasteiger partial charge in [0.1, 0.15) is 11.5 Å². The van der Waals surface area contributed by atoms with Crippen molar-refractivity contribution in [3.63, 3.8) is 0 Å². The van der Waals surface area contributed by atoms with Crippen molar-refractivity contribution in [2.45, 2.75) is 104 Å². The Bertz CT molecular complexity index is 1090. The Morgan fingerprint density at radius 1 is 0.725 bits per heavy atom. The van der Waals surface area contributed by atoms with Crippen LogP contribution in [0.3, 0.4) is 0 Å². The molecule has 1 aromatic heterocycles. The van der Waals surface area contributed by atoms with E-state index < -0.39 is 0 Å². The maximum atomic E-state index is 6.00. The quantitative estimate of drug-likeness (QED) is 0.117. The number of thiazole rings is 1. The van der Waals surface area contributed by atoms with Crippen LogP contribution in [0, 0.1) is 0 Å². The van der Waals surface area contributed by atoms with Gasteiger partial charge >= 0.3 is 0 Å². The number of nitrogen functional groups attached to an aromatic ring is 2. The number of fused-ring (bicyclic) bond motifs is 1. The molecule has 4 N–H and O–H groups in total. The molecule has 7 heteroatoms. The van der Waals surface area contributed by atoms with Gasteiger partial charge in [-0.1, -0.05) is 96.0 Å². The molecule has 0 aliphatic carbocycles. The Balaban J connectivity index is 0.000000285. The molecule has 3 rings (SSSR count). The lowest BCUT2D eigenvalue weighted by Crippen LogP contribution is -2.26. The summed E-state index contributed by atoms with van der Waals surface area (Å²) in [7, 11) is 3.35. The zero-order valence-electron chi connectivity index (χ0n) is 25.8. The molecule has 40 heavy (non-hydrogen) atoms. The number of unbranched alkanes of at least 4 members (excludes halogenated alkanes) is 9. The van der Waals surface area contributed by atoms with E-state index in [2.05, 4.69) is 48.9 Å². The number of hydrogen-bond donors (Lipinski definition) is 2. The van der Waals surface area contributed by atoms with Gasteiger partial charge in [0.15, 0.2) is 5.13 Å². The minimum atomic E-state index is 0.616. The lowest BCUT2D eigenvalue weighted by molar-refractivity contribution is 0.404. The largest absolute Gasteiger partial charge is 0.495 e. The van der Waals surface area contributed by atoms with E-state index in [-0.39, 0.29) is 0 Å². The van der Waals surface area contributed by atoms with Crippen molar-refractivity contribution >= 4 is 38.1 Å². The molecule has 2 aromatic carbocycles. The average molecular weight is 571 g/mol. The molecule has 0 bridgehead atoms. The summed E-state index contributed by atoms with van der Waals surface area (Å²) in [5.74, 6) is 1.54. The molecule has 0 spiro atoms. The first-order chi connectivity index (χ1) is 19.5. The van der Waals surface area contributed by atoms with Crippen molar-refractivity contribution in [2.24, 2.45) is 0 Å². The van der Waals surface area contributed by atoms with Crippen LogP contribution in [0.2, 0.25) is 0 Å². The summed E-state index contributed by atoms with van der Waals surface area (Å²) < 4.78 is 12.1. The van der Waals surface area contributed by atoms with Gasteiger partial charge in [0.25, 0.3) is 0 Å². The lowest BCUT2D eigenvalue weighted by Gasteiger charge is -2.27. The Hall–Kier alpha value is -2.67. The minimum Gasteiger partial charge on any atom is -0.495 e. The number of nitrogens with two attached hydrogens (primary N) is 2. The molecule has 0 saturated heterocycles. The predicted molar refractivity (Wildman–Crippen MR) is 176 cm³/mol. The first-order valence-electron chi connectivity index (χ1n) is 15.4. The summed E-state index contributed by atoms with van der Waals surface area (Å²) >= 11 is 1.58. The van der Waals surface area contributed by atoms with E-state index in [1.165, 1.54) is 93.7 Å². The van der Waals surface area contributed by atoms with Crippen LogP contribution >= 0.6 is 11.3 Å². The summed E-state index contributed by atoms with van der Waals surface area (Å²) in [6, 6.07) is 10.4. The third-order valence-electron chi connectivity index (χ3n) is 7.22. The highest BCUT2D eigenvalue weighted by molar-refractivity contribution is 7.22. The molecule has 6 nitrogen and oxygen atoms in total. The Morgan fingerprint density at radius 3 is 1.95 bits per heavy atom. The fourth-order valence-corrected chi connectivity index (χ4v) is 5.66. The van der Waals surface area contributed by atoms with Gasteiger partial charge in [-0.15, -0.1) is 0 Å². The van der Waals surface area contributed by atoms with Gasteiger partial charge in [0.2, 0.25) is 0 Å². The van der Waals surface area contributed by atoms with Crippen LogP contribution < -0.4 is 25.8 Å². The number of aromatic nitrogens is 1. The molecule has 0 unspecified atom stereocenters. The van der Waals surface area contributed by atoms with Crippen LogP contribution in [-0.4, -0.2) is 32.3 Å². The number of ether oxygens (including phenoxy) is 2. The van der Waals surface area contributed by atoms with Crippen molar-refractivity contribution in [2.75, 3.05) is 43.7 Å². The molecule has 0 aliphatic heterocycles. The maximum absolute atomic E-state index is 6.00. The highest BCUT2D eigenvalue weighted by Crippen LogP contribution is 2.37. The third kappa shape index (κ3) is 11.4. The third-order valence-corrected chi connectivity index (χ3v) is 8.07. The molecule has 0 radical (unpaired) electrons. The highest BCUT2D eigenvalue weighted by atomic mass is 32.1. The molecule has 224 valence electrons. The van der Waals surface area contributed by atoms with E-state index in [4.69, 9.17) is 20.9 Å². The standard InChI is InChI=1S/C18H32N2O2.C15H22N2S/c1-5-7-9-11-20(12-10-8-6-2)16-14-17(21-3)15(19)13-18(16)22-4;1-2-3-4-5-6-7-8-12-9-10-13-14(11-12)18-15(16)17-13/h13-14H,5-12,19H2,1-4H3;9-11H,2-8H2,1H3,(H2,16,17). The Labute approximate surface area is 247 Å². The minimum absolute atomic E-state index is 0.616. The maximum Gasteiger partial charge on any atom is 0.181 e. The monoisotopic (exact) mass is 570 g/mol. The van der Waals surface area contributed by atoms with Gasteiger partial charge in [0, 0.05) is 25.2 Å². The van der Waals surface area contributed by atoms with Crippen LogP contribution in [-0.2, 0) is 6.42 Å². The fourth-order valence-electron chi connectivity index (χ4n) is 4.86. The highest BCUT2D eigenvalue weighted by Gasteiger charge is 2.15. The molecule has 0 fully saturated rings. The van der Waals surface area contributed by atoms with E-state index >= 15 is 0 Å². The molecule has 0 saturated carbocycles. The van der Waals surface area contributed by atoms with E-state index in [1.54, 1.807) is 25.6 Å². The predicted octanol–water partition coefficient (Wildman–Crippen LogP) is 9.25. The number of benzene rings is 2. The summed E-state index contributed by atoms with van der Waals surface area (Å²) in [4.78, 5) is 6.69. The number of hydrogen-bond acceptors (Lipinski definition) is 7. The zero-order valence-corrected chi connectivity index (χ0v) is 26.6.